The van der Waals surface area contributed by atoms with Crippen LogP contribution >= 0.6 is 0 Å². The van der Waals surface area contributed by atoms with Gasteiger partial charge in [0, 0.05) is 19.3 Å². The Kier molecular flexibility index (Phi) is 13.7. The van der Waals surface area contributed by atoms with Crippen LogP contribution in [-0.2, 0) is 0 Å². The Morgan fingerprint density at radius 1 is 1.19 bits per heavy atom. The van der Waals surface area contributed by atoms with Crippen LogP contribution in [0.4, 0.5) is 19.0 Å². The number of alkyl halides is 3. The van der Waals surface area contributed by atoms with Gasteiger partial charge in [-0.2, -0.15) is 18.2 Å². The first-order chi connectivity index (χ1) is 17.1. The van der Waals surface area contributed by atoms with Gasteiger partial charge in [-0.3, -0.25) is 4.98 Å². The molecule has 0 aliphatic carbocycles. The van der Waals surface area contributed by atoms with Crippen molar-refractivity contribution in [3.63, 3.8) is 0 Å². The molecule has 36 heavy (non-hydrogen) atoms. The van der Waals surface area contributed by atoms with Gasteiger partial charge in [0.15, 0.2) is 0 Å². The molecule has 2 heterocycles. The third kappa shape index (κ3) is 10.7. The number of piperidine rings is 1. The van der Waals surface area contributed by atoms with Crippen LogP contribution in [0.5, 0.6) is 5.88 Å². The Morgan fingerprint density at radius 2 is 1.92 bits per heavy atom. The summed E-state index contributed by atoms with van der Waals surface area (Å²) >= 11 is 0. The van der Waals surface area contributed by atoms with Crippen molar-refractivity contribution in [1.29, 1.82) is 0 Å². The van der Waals surface area contributed by atoms with E-state index >= 15 is 0 Å². The number of allylic oxidation sites excluding steroid dienone is 10. The lowest BCUT2D eigenvalue weighted by Crippen LogP contribution is -2.23. The second kappa shape index (κ2) is 15.9. The minimum absolute atomic E-state index is 0.351. The van der Waals surface area contributed by atoms with Crippen LogP contribution < -0.4 is 10.5 Å². The lowest BCUT2D eigenvalue weighted by Gasteiger charge is -2.28. The molecule has 1 saturated heterocycles. The molecule has 0 aromatic carbocycles. The number of hydrogen-bond donors (Lipinski definition) is 1. The molecule has 1 aromatic heterocycles. The molecule has 1 fully saturated rings. The second-order valence-corrected chi connectivity index (χ2v) is 8.44. The minimum Gasteiger partial charge on any atom is -0.477 e. The van der Waals surface area contributed by atoms with Crippen molar-refractivity contribution in [2.24, 2.45) is 0 Å². The smallest absolute Gasteiger partial charge is 0.416 e. The van der Waals surface area contributed by atoms with Crippen molar-refractivity contribution in [3.05, 3.63) is 70.8 Å². The molecule has 0 amide bonds. The van der Waals surface area contributed by atoms with E-state index in [2.05, 4.69) is 28.0 Å². The predicted molar refractivity (Wildman–Crippen MR) is 142 cm³/mol. The first kappa shape index (κ1) is 31.0. The van der Waals surface area contributed by atoms with E-state index in [4.69, 9.17) is 10.5 Å². The van der Waals surface area contributed by atoms with E-state index in [-0.39, 0.29) is 0 Å². The number of hydrogen-bond acceptors (Lipinski definition) is 5. The standard InChI is InChI=1S/C22H32F3N.C6H9N3O/c1-6-11-18(15-19(12-7-2)22(23,24)25)21(17(4)8-3)16-20-13-9-10-14-26(20)5;1-2-10-6-4-8-3-5(7)9-6/h6,11-12,15-16H,7-10,13-14H2,1-5H3;3-4H,2H2,1H3,(H2,7,9)/b11-6-,18-15+,19-12-,20-16-,21-17?;. The van der Waals surface area contributed by atoms with Crippen molar-refractivity contribution >= 4 is 5.82 Å². The fourth-order valence-corrected chi connectivity index (χ4v) is 3.60. The van der Waals surface area contributed by atoms with Gasteiger partial charge in [-0.15, -0.1) is 0 Å². The van der Waals surface area contributed by atoms with Gasteiger partial charge >= 0.3 is 6.18 Å². The Hall–Kier alpha value is -3.03. The van der Waals surface area contributed by atoms with E-state index in [0.717, 1.165) is 43.4 Å². The van der Waals surface area contributed by atoms with Gasteiger partial charge in [0.05, 0.1) is 24.6 Å². The summed E-state index contributed by atoms with van der Waals surface area (Å²) < 4.78 is 45.2. The number of ether oxygens (including phenoxy) is 1. The molecule has 0 spiro atoms. The van der Waals surface area contributed by atoms with Gasteiger partial charge in [-0.1, -0.05) is 37.6 Å². The zero-order valence-corrected chi connectivity index (χ0v) is 22.5. The van der Waals surface area contributed by atoms with Gasteiger partial charge in [0.25, 0.3) is 0 Å². The number of nitrogens with zero attached hydrogens (tertiary/aromatic N) is 3. The Labute approximate surface area is 214 Å². The molecule has 8 heteroatoms. The Morgan fingerprint density at radius 3 is 2.44 bits per heavy atom. The summed E-state index contributed by atoms with van der Waals surface area (Å²) in [6.45, 7) is 11.1. The molecular formula is C28H41F3N4O. The number of likely N-dealkylation sites (tertiary alicyclic amines) is 1. The number of nitrogen functional groups attached to an aromatic ring is 1. The van der Waals surface area contributed by atoms with Crippen LogP contribution in [0.3, 0.4) is 0 Å². The topological polar surface area (TPSA) is 64.3 Å². The first-order valence-corrected chi connectivity index (χ1v) is 12.5. The fraction of sp³-hybridized carbons (Fsp3) is 0.500. The highest BCUT2D eigenvalue weighted by molar-refractivity contribution is 5.53. The summed E-state index contributed by atoms with van der Waals surface area (Å²) in [5.41, 5.74) is 8.57. The molecule has 2 N–H and O–H groups in total. The molecule has 1 aliphatic rings. The number of anilines is 1. The summed E-state index contributed by atoms with van der Waals surface area (Å²) in [5.74, 6) is 0.855. The molecule has 0 bridgehead atoms. The van der Waals surface area contributed by atoms with Crippen molar-refractivity contribution in [2.45, 2.75) is 72.9 Å². The van der Waals surface area contributed by atoms with Crippen LogP contribution in [0.25, 0.3) is 0 Å². The van der Waals surface area contributed by atoms with Crippen molar-refractivity contribution in [1.82, 2.24) is 14.9 Å². The van der Waals surface area contributed by atoms with Crippen LogP contribution in [0, 0.1) is 0 Å². The third-order valence-electron chi connectivity index (χ3n) is 5.61. The SMILES string of the molecule is CCOc1cncc(N)n1.C\C=C/C(=C\C(=C\CC)C(F)(F)F)C(/C=C1/CCCCN1C)=C(C)CC. The summed E-state index contributed by atoms with van der Waals surface area (Å²) in [4.78, 5) is 9.86. The largest absolute Gasteiger partial charge is 0.477 e. The summed E-state index contributed by atoms with van der Waals surface area (Å²) in [6.07, 6.45) is 11.3. The quantitative estimate of drug-likeness (QED) is 0.368. The van der Waals surface area contributed by atoms with Gasteiger partial charge in [0.2, 0.25) is 5.88 Å². The Bertz CT molecular complexity index is 975. The lowest BCUT2D eigenvalue weighted by molar-refractivity contribution is -0.0884. The number of halogens is 3. The van der Waals surface area contributed by atoms with Crippen LogP contribution in [0.2, 0.25) is 0 Å². The molecule has 2 rings (SSSR count). The van der Waals surface area contributed by atoms with E-state index in [1.807, 2.05) is 27.7 Å². The zero-order chi connectivity index (χ0) is 27.1. The molecule has 1 aliphatic heterocycles. The second-order valence-electron chi connectivity index (χ2n) is 8.44. The van der Waals surface area contributed by atoms with E-state index in [9.17, 15) is 13.2 Å². The monoisotopic (exact) mass is 506 g/mol. The van der Waals surface area contributed by atoms with Crippen molar-refractivity contribution in [3.8, 4) is 5.88 Å². The van der Waals surface area contributed by atoms with E-state index in [1.165, 1.54) is 30.2 Å². The average molecular weight is 507 g/mol. The van der Waals surface area contributed by atoms with Crippen molar-refractivity contribution in [2.75, 3.05) is 25.9 Å². The maximum Gasteiger partial charge on any atom is 0.416 e. The fourth-order valence-electron chi connectivity index (χ4n) is 3.60. The molecule has 0 unspecified atom stereocenters. The van der Waals surface area contributed by atoms with Gasteiger partial charge in [-0.25, -0.2) is 0 Å². The van der Waals surface area contributed by atoms with E-state index < -0.39 is 11.7 Å². The van der Waals surface area contributed by atoms with Gasteiger partial charge in [0.1, 0.15) is 5.82 Å². The molecule has 0 atom stereocenters. The lowest BCUT2D eigenvalue weighted by atomic mass is 9.93. The molecule has 5 nitrogen and oxygen atoms in total. The number of rotatable bonds is 8. The predicted octanol–water partition coefficient (Wildman–Crippen LogP) is 7.57. The van der Waals surface area contributed by atoms with Gasteiger partial charge in [-0.05, 0) is 76.2 Å². The zero-order valence-electron chi connectivity index (χ0n) is 22.5. The van der Waals surface area contributed by atoms with E-state index in [0.29, 0.717) is 30.3 Å². The molecule has 0 radical (unpaired) electrons. The summed E-state index contributed by atoms with van der Waals surface area (Å²) in [7, 11) is 2.06. The Balaban J connectivity index is 0.000000537. The van der Waals surface area contributed by atoms with Gasteiger partial charge < -0.3 is 15.4 Å². The third-order valence-corrected chi connectivity index (χ3v) is 5.61. The van der Waals surface area contributed by atoms with E-state index in [1.54, 1.807) is 19.1 Å². The molecule has 200 valence electrons. The summed E-state index contributed by atoms with van der Waals surface area (Å²) in [5, 5.41) is 0. The molecule has 1 aromatic rings. The first-order valence-electron chi connectivity index (χ1n) is 12.5. The average Bonchev–Trinajstić information content (AvgIpc) is 2.82. The number of aromatic nitrogens is 2. The highest BCUT2D eigenvalue weighted by atomic mass is 19.4. The van der Waals surface area contributed by atoms with Crippen LogP contribution in [0.1, 0.15) is 66.7 Å². The molecule has 0 saturated carbocycles. The highest BCUT2D eigenvalue weighted by Gasteiger charge is 2.32. The van der Waals surface area contributed by atoms with Crippen LogP contribution in [-0.4, -0.2) is 41.2 Å². The van der Waals surface area contributed by atoms with Crippen LogP contribution in [0.15, 0.2) is 70.8 Å². The normalized spacial score (nSPS) is 17.1. The molecular weight excluding hydrogens is 465 g/mol. The minimum atomic E-state index is -4.34. The number of nitrogens with two attached hydrogens (primary N) is 1. The maximum absolute atomic E-state index is 13.4. The van der Waals surface area contributed by atoms with Crippen molar-refractivity contribution < 1.29 is 17.9 Å². The summed E-state index contributed by atoms with van der Waals surface area (Å²) in [6, 6.07) is 0. The maximum atomic E-state index is 13.4. The highest BCUT2D eigenvalue weighted by Crippen LogP contribution is 2.32.